The zero-order chi connectivity index (χ0) is 19.8. The maximum absolute atomic E-state index is 13.0. The Morgan fingerprint density at radius 1 is 1.29 bits per heavy atom. The number of carbonyl (C=O) groups is 1. The molecule has 0 radical (unpaired) electrons. The fourth-order valence-corrected chi connectivity index (χ4v) is 4.45. The normalized spacial score (nSPS) is 20.9. The van der Waals surface area contributed by atoms with E-state index >= 15 is 0 Å². The smallest absolute Gasteiger partial charge is 0.323 e. The van der Waals surface area contributed by atoms with E-state index in [2.05, 4.69) is 24.3 Å². The van der Waals surface area contributed by atoms with Crippen LogP contribution in [-0.4, -0.2) is 38.4 Å². The summed E-state index contributed by atoms with van der Waals surface area (Å²) in [6.07, 6.45) is 2.06. The van der Waals surface area contributed by atoms with Crippen molar-refractivity contribution in [3.63, 3.8) is 0 Å². The molecule has 0 aromatic carbocycles. The van der Waals surface area contributed by atoms with Crippen molar-refractivity contribution in [3.8, 4) is 0 Å². The van der Waals surface area contributed by atoms with Gasteiger partial charge < -0.3 is 9.47 Å². The van der Waals surface area contributed by atoms with Crippen LogP contribution in [0.1, 0.15) is 44.0 Å². The average Bonchev–Trinajstić information content (AvgIpc) is 3.00. The summed E-state index contributed by atoms with van der Waals surface area (Å²) in [5.41, 5.74) is 2.02. The highest BCUT2D eigenvalue weighted by Gasteiger charge is 2.36. The van der Waals surface area contributed by atoms with Gasteiger partial charge in [0.15, 0.2) is 0 Å². The molecule has 2 amide bonds. The topological polar surface area (TPSA) is 72.2 Å². The second-order valence-corrected chi connectivity index (χ2v) is 8.61. The molecule has 2 aliphatic rings. The van der Waals surface area contributed by atoms with Crippen LogP contribution in [0, 0.1) is 18.8 Å². The van der Waals surface area contributed by atoms with Crippen molar-refractivity contribution in [2.75, 3.05) is 18.4 Å². The van der Waals surface area contributed by atoms with Crippen molar-refractivity contribution in [1.29, 1.82) is 0 Å². The molecule has 2 aromatic heterocycles. The first kappa shape index (κ1) is 18.8. The number of hydrogen-bond donors (Lipinski definition) is 1. The summed E-state index contributed by atoms with van der Waals surface area (Å²) in [6, 6.07) is 7.32. The Bertz CT molecular complexity index is 929. The minimum atomic E-state index is -0.0767. The number of pyridine rings is 1. The Labute approximate surface area is 165 Å². The number of fused-ring (bicyclic) bond motifs is 4. The van der Waals surface area contributed by atoms with E-state index in [1.54, 1.807) is 6.07 Å². The first-order valence-electron chi connectivity index (χ1n) is 10.2. The van der Waals surface area contributed by atoms with Crippen LogP contribution < -0.4 is 10.9 Å². The molecule has 150 valence electrons. The molecule has 4 rings (SSSR count). The zero-order valence-electron chi connectivity index (χ0n) is 16.9. The summed E-state index contributed by atoms with van der Waals surface area (Å²) in [4.78, 5) is 27.0. The molecule has 7 heteroatoms. The number of hydrogen-bond acceptors (Lipinski definition) is 3. The third-order valence-electron chi connectivity index (χ3n) is 5.82. The lowest BCUT2D eigenvalue weighted by molar-refractivity contribution is 0.139. The van der Waals surface area contributed by atoms with Crippen molar-refractivity contribution in [2.24, 2.45) is 11.8 Å². The van der Waals surface area contributed by atoms with E-state index in [4.69, 9.17) is 0 Å². The number of aromatic nitrogens is 3. The average molecular weight is 383 g/mol. The van der Waals surface area contributed by atoms with Gasteiger partial charge in [0.05, 0.1) is 5.69 Å². The van der Waals surface area contributed by atoms with Gasteiger partial charge in [-0.2, -0.15) is 5.10 Å². The largest absolute Gasteiger partial charge is 0.323 e. The fourth-order valence-electron chi connectivity index (χ4n) is 4.45. The Morgan fingerprint density at radius 2 is 2.11 bits per heavy atom. The number of amides is 2. The standard InChI is InChI=1S/C21H29N5O2/c1-14(2)7-8-26-19(9-15(3)23-26)22-21(28)24-11-16-10-17(13-24)18-5-4-6-20(27)25(18)12-16/h4-6,9,14,16-17H,7-8,10-13H2,1-3H3,(H,22,28). The van der Waals surface area contributed by atoms with E-state index < -0.39 is 0 Å². The maximum atomic E-state index is 13.0. The van der Waals surface area contributed by atoms with Gasteiger partial charge in [-0.1, -0.05) is 19.9 Å². The van der Waals surface area contributed by atoms with Crippen LogP contribution in [0.25, 0.3) is 0 Å². The highest BCUT2D eigenvalue weighted by Crippen LogP contribution is 2.35. The third-order valence-corrected chi connectivity index (χ3v) is 5.82. The molecule has 2 bridgehead atoms. The number of nitrogens with one attached hydrogen (secondary N) is 1. The van der Waals surface area contributed by atoms with Crippen LogP contribution >= 0.6 is 0 Å². The van der Waals surface area contributed by atoms with Crippen LogP contribution in [0.3, 0.4) is 0 Å². The predicted octanol–water partition coefficient (Wildman–Crippen LogP) is 3.05. The van der Waals surface area contributed by atoms with Crippen LogP contribution in [0.4, 0.5) is 10.6 Å². The van der Waals surface area contributed by atoms with Crippen LogP contribution in [0.15, 0.2) is 29.1 Å². The van der Waals surface area contributed by atoms with Crippen LogP contribution in [-0.2, 0) is 13.1 Å². The van der Waals surface area contributed by atoms with Gasteiger partial charge in [-0.15, -0.1) is 0 Å². The van der Waals surface area contributed by atoms with Crippen LogP contribution in [0.5, 0.6) is 0 Å². The number of rotatable bonds is 4. The molecule has 2 atom stereocenters. The van der Waals surface area contributed by atoms with E-state index in [1.807, 2.05) is 39.3 Å². The quantitative estimate of drug-likeness (QED) is 0.882. The van der Waals surface area contributed by atoms with E-state index in [-0.39, 0.29) is 17.5 Å². The first-order chi connectivity index (χ1) is 13.4. The van der Waals surface area contributed by atoms with Gasteiger partial charge in [0, 0.05) is 49.9 Å². The van der Waals surface area contributed by atoms with Gasteiger partial charge in [0.2, 0.25) is 0 Å². The summed E-state index contributed by atoms with van der Waals surface area (Å²) < 4.78 is 3.78. The van der Waals surface area contributed by atoms with Gasteiger partial charge in [0.1, 0.15) is 5.82 Å². The Hall–Kier alpha value is -2.57. The van der Waals surface area contributed by atoms with Gasteiger partial charge in [-0.05, 0) is 37.7 Å². The number of likely N-dealkylation sites (tertiary alicyclic amines) is 1. The van der Waals surface area contributed by atoms with Gasteiger partial charge >= 0.3 is 6.03 Å². The first-order valence-corrected chi connectivity index (χ1v) is 10.2. The number of carbonyl (C=O) groups excluding carboxylic acids is 1. The molecular formula is C21H29N5O2. The lowest BCUT2D eigenvalue weighted by Gasteiger charge is -2.42. The third kappa shape index (κ3) is 3.70. The van der Waals surface area contributed by atoms with Crippen LogP contribution in [0.2, 0.25) is 0 Å². The monoisotopic (exact) mass is 383 g/mol. The second kappa shape index (κ2) is 7.45. The molecule has 7 nitrogen and oxygen atoms in total. The Kier molecular flexibility index (Phi) is 5.00. The Morgan fingerprint density at radius 3 is 2.89 bits per heavy atom. The molecule has 2 aliphatic heterocycles. The molecule has 0 saturated carbocycles. The zero-order valence-corrected chi connectivity index (χ0v) is 16.9. The van der Waals surface area contributed by atoms with Crippen molar-refractivity contribution in [3.05, 3.63) is 46.0 Å². The van der Waals surface area contributed by atoms with E-state index in [9.17, 15) is 9.59 Å². The minimum Gasteiger partial charge on any atom is -0.323 e. The van der Waals surface area contributed by atoms with Gasteiger partial charge in [-0.25, -0.2) is 9.48 Å². The number of anilines is 1. The molecule has 2 aromatic rings. The molecule has 0 spiro atoms. The number of urea groups is 1. The molecule has 28 heavy (non-hydrogen) atoms. The molecule has 1 fully saturated rings. The molecule has 1 N–H and O–H groups in total. The molecule has 2 unspecified atom stereocenters. The molecular weight excluding hydrogens is 354 g/mol. The van der Waals surface area contributed by atoms with E-state index in [0.29, 0.717) is 31.5 Å². The van der Waals surface area contributed by atoms with Crippen molar-refractivity contribution >= 4 is 11.8 Å². The van der Waals surface area contributed by atoms with Gasteiger partial charge in [-0.3, -0.25) is 10.1 Å². The molecule has 0 aliphatic carbocycles. The van der Waals surface area contributed by atoms with Crippen molar-refractivity contribution in [2.45, 2.75) is 52.6 Å². The van der Waals surface area contributed by atoms with Crippen molar-refractivity contribution in [1.82, 2.24) is 19.2 Å². The Balaban J connectivity index is 1.48. The number of piperidine rings is 1. The summed E-state index contributed by atoms with van der Waals surface area (Å²) in [5.74, 6) is 1.89. The summed E-state index contributed by atoms with van der Waals surface area (Å²) in [6.45, 7) is 9.13. The number of nitrogens with zero attached hydrogens (tertiary/aromatic N) is 4. The molecule has 1 saturated heterocycles. The lowest BCUT2D eigenvalue weighted by atomic mass is 9.83. The highest BCUT2D eigenvalue weighted by molar-refractivity contribution is 5.88. The number of aryl methyl sites for hydroxylation is 2. The second-order valence-electron chi connectivity index (χ2n) is 8.61. The fraction of sp³-hybridized carbons (Fsp3) is 0.571. The predicted molar refractivity (Wildman–Crippen MR) is 109 cm³/mol. The maximum Gasteiger partial charge on any atom is 0.323 e. The van der Waals surface area contributed by atoms with Gasteiger partial charge in [0.25, 0.3) is 5.56 Å². The van der Waals surface area contributed by atoms with Crippen molar-refractivity contribution < 1.29 is 4.79 Å². The highest BCUT2D eigenvalue weighted by atomic mass is 16.2. The van der Waals surface area contributed by atoms with E-state index in [1.165, 1.54) is 0 Å². The summed E-state index contributed by atoms with van der Waals surface area (Å²) >= 11 is 0. The lowest BCUT2D eigenvalue weighted by Crippen LogP contribution is -2.50. The molecule has 4 heterocycles. The van der Waals surface area contributed by atoms with E-state index in [0.717, 1.165) is 36.6 Å². The minimum absolute atomic E-state index is 0.0645. The summed E-state index contributed by atoms with van der Waals surface area (Å²) in [7, 11) is 0. The SMILES string of the molecule is Cc1cc(NC(=O)N2CC3CC(C2)c2cccc(=O)n2C3)n(CCC(C)C)n1. The summed E-state index contributed by atoms with van der Waals surface area (Å²) in [5, 5.41) is 7.59.